The molecule has 0 spiro atoms. The van der Waals surface area contributed by atoms with Crippen molar-refractivity contribution in [2.24, 2.45) is 5.92 Å². The van der Waals surface area contributed by atoms with E-state index in [4.69, 9.17) is 5.11 Å². The first kappa shape index (κ1) is 8.93. The molecule has 0 aliphatic heterocycles. The van der Waals surface area contributed by atoms with Gasteiger partial charge in [0.1, 0.15) is 0 Å². The molecule has 0 aromatic carbocycles. The van der Waals surface area contributed by atoms with E-state index < -0.39 is 0 Å². The Bertz CT molecular complexity index is 295. The second-order valence-corrected chi connectivity index (χ2v) is 2.84. The quantitative estimate of drug-likeness (QED) is 0.684. The summed E-state index contributed by atoms with van der Waals surface area (Å²) in [5.41, 5.74) is -0.266. The van der Waals surface area contributed by atoms with Crippen molar-refractivity contribution in [1.82, 2.24) is 9.55 Å². The van der Waals surface area contributed by atoms with Gasteiger partial charge in [-0.2, -0.15) is 0 Å². The first-order valence-electron chi connectivity index (χ1n) is 3.86. The topological polar surface area (TPSA) is 55.1 Å². The van der Waals surface area contributed by atoms with Gasteiger partial charge < -0.3 is 5.11 Å². The van der Waals surface area contributed by atoms with Crippen LogP contribution in [-0.4, -0.2) is 21.3 Å². The fourth-order valence-electron chi connectivity index (χ4n) is 0.920. The lowest BCUT2D eigenvalue weighted by Gasteiger charge is -2.08. The van der Waals surface area contributed by atoms with Crippen molar-refractivity contribution >= 4 is 0 Å². The van der Waals surface area contributed by atoms with Gasteiger partial charge in [-0.3, -0.25) is 4.57 Å². The van der Waals surface area contributed by atoms with Crippen LogP contribution in [0.1, 0.15) is 6.92 Å². The largest absolute Gasteiger partial charge is 0.396 e. The Balaban J connectivity index is 2.76. The van der Waals surface area contributed by atoms with Crippen LogP contribution in [0.4, 0.5) is 0 Å². The third kappa shape index (κ3) is 2.17. The maximum atomic E-state index is 11.0. The van der Waals surface area contributed by atoms with Crippen LogP contribution < -0.4 is 5.69 Å². The average Bonchev–Trinajstić information content (AvgIpc) is 2.09. The van der Waals surface area contributed by atoms with Crippen LogP contribution in [0.5, 0.6) is 0 Å². The van der Waals surface area contributed by atoms with E-state index in [2.05, 4.69) is 4.98 Å². The molecule has 4 nitrogen and oxygen atoms in total. The van der Waals surface area contributed by atoms with Gasteiger partial charge in [-0.1, -0.05) is 6.92 Å². The van der Waals surface area contributed by atoms with Crippen LogP contribution in [0, 0.1) is 5.92 Å². The molecule has 12 heavy (non-hydrogen) atoms. The summed E-state index contributed by atoms with van der Waals surface area (Å²) in [5, 5.41) is 8.75. The van der Waals surface area contributed by atoms with Crippen molar-refractivity contribution < 1.29 is 5.11 Å². The van der Waals surface area contributed by atoms with Crippen LogP contribution in [0.2, 0.25) is 0 Å². The number of aromatic nitrogens is 2. The van der Waals surface area contributed by atoms with Crippen molar-refractivity contribution in [1.29, 1.82) is 0 Å². The van der Waals surface area contributed by atoms with E-state index in [0.717, 1.165) is 0 Å². The lowest BCUT2D eigenvalue weighted by Crippen LogP contribution is -2.25. The molecule has 0 radical (unpaired) electrons. The zero-order chi connectivity index (χ0) is 8.97. The second-order valence-electron chi connectivity index (χ2n) is 2.84. The van der Waals surface area contributed by atoms with Gasteiger partial charge in [-0.05, 0) is 12.0 Å². The molecule has 0 fully saturated rings. The van der Waals surface area contributed by atoms with Gasteiger partial charge >= 0.3 is 5.69 Å². The zero-order valence-corrected chi connectivity index (χ0v) is 6.97. The lowest BCUT2D eigenvalue weighted by molar-refractivity contribution is 0.221. The zero-order valence-electron chi connectivity index (χ0n) is 6.97. The smallest absolute Gasteiger partial charge is 0.347 e. The van der Waals surface area contributed by atoms with E-state index in [1.54, 1.807) is 12.3 Å². The summed E-state index contributed by atoms with van der Waals surface area (Å²) in [4.78, 5) is 14.6. The monoisotopic (exact) mass is 168 g/mol. The molecule has 1 N–H and O–H groups in total. The van der Waals surface area contributed by atoms with Crippen molar-refractivity contribution in [2.75, 3.05) is 6.61 Å². The summed E-state index contributed by atoms with van der Waals surface area (Å²) >= 11 is 0. The molecule has 1 rings (SSSR count). The normalized spacial score (nSPS) is 12.8. The maximum absolute atomic E-state index is 11.0. The number of aliphatic hydroxyl groups excluding tert-OH is 1. The molecule has 1 heterocycles. The second kappa shape index (κ2) is 4.01. The van der Waals surface area contributed by atoms with Gasteiger partial charge in [0.2, 0.25) is 0 Å². The van der Waals surface area contributed by atoms with E-state index in [1.807, 2.05) is 6.92 Å². The minimum Gasteiger partial charge on any atom is -0.396 e. The number of rotatable bonds is 3. The molecule has 4 heteroatoms. The molecular weight excluding hydrogens is 156 g/mol. The van der Waals surface area contributed by atoms with Crippen LogP contribution in [0.15, 0.2) is 23.3 Å². The van der Waals surface area contributed by atoms with Crippen molar-refractivity contribution in [3.05, 3.63) is 28.9 Å². The Morgan fingerprint density at radius 1 is 1.75 bits per heavy atom. The molecular formula is C8H12N2O2. The third-order valence-corrected chi connectivity index (χ3v) is 1.60. The Morgan fingerprint density at radius 2 is 2.50 bits per heavy atom. The lowest BCUT2D eigenvalue weighted by atomic mass is 10.2. The summed E-state index contributed by atoms with van der Waals surface area (Å²) in [6.07, 6.45) is 3.13. The Kier molecular flexibility index (Phi) is 2.99. The average molecular weight is 168 g/mol. The van der Waals surface area contributed by atoms with Gasteiger partial charge in [0.25, 0.3) is 0 Å². The molecule has 0 amide bonds. The number of hydrogen-bond donors (Lipinski definition) is 1. The summed E-state index contributed by atoms with van der Waals surface area (Å²) in [6, 6.07) is 1.70. The van der Waals surface area contributed by atoms with E-state index >= 15 is 0 Å². The Labute approximate surface area is 70.5 Å². The fourth-order valence-corrected chi connectivity index (χ4v) is 0.920. The minimum atomic E-state index is -0.266. The van der Waals surface area contributed by atoms with Crippen LogP contribution in [-0.2, 0) is 6.54 Å². The number of nitrogens with zero attached hydrogens (tertiary/aromatic N) is 2. The molecule has 66 valence electrons. The predicted molar refractivity (Wildman–Crippen MR) is 44.7 cm³/mol. The highest BCUT2D eigenvalue weighted by atomic mass is 16.3. The summed E-state index contributed by atoms with van der Waals surface area (Å²) in [7, 11) is 0. The molecule has 0 bridgehead atoms. The fraction of sp³-hybridized carbons (Fsp3) is 0.500. The third-order valence-electron chi connectivity index (χ3n) is 1.60. The van der Waals surface area contributed by atoms with Crippen molar-refractivity contribution in [2.45, 2.75) is 13.5 Å². The SMILES string of the molecule is CC(CO)Cn1cccnc1=O. The highest BCUT2D eigenvalue weighted by molar-refractivity contribution is 4.81. The molecule has 1 aromatic heterocycles. The summed E-state index contributed by atoms with van der Waals surface area (Å²) in [5.74, 6) is 0.0897. The number of aliphatic hydroxyl groups is 1. The summed E-state index contributed by atoms with van der Waals surface area (Å²) in [6.45, 7) is 2.48. The van der Waals surface area contributed by atoms with E-state index in [9.17, 15) is 4.79 Å². The van der Waals surface area contributed by atoms with Gasteiger partial charge in [0.05, 0.1) is 0 Å². The van der Waals surface area contributed by atoms with Gasteiger partial charge in [-0.15, -0.1) is 0 Å². The predicted octanol–water partition coefficient (Wildman–Crippen LogP) is -0.128. The van der Waals surface area contributed by atoms with Gasteiger partial charge in [0, 0.05) is 25.5 Å². The highest BCUT2D eigenvalue weighted by Crippen LogP contribution is 1.94. The van der Waals surface area contributed by atoms with Crippen LogP contribution >= 0.6 is 0 Å². The summed E-state index contributed by atoms with van der Waals surface area (Å²) < 4.78 is 1.49. The van der Waals surface area contributed by atoms with Gasteiger partial charge in [-0.25, -0.2) is 9.78 Å². The first-order valence-corrected chi connectivity index (χ1v) is 3.86. The number of hydrogen-bond acceptors (Lipinski definition) is 3. The van der Waals surface area contributed by atoms with E-state index in [1.165, 1.54) is 10.8 Å². The molecule has 0 saturated carbocycles. The first-order chi connectivity index (χ1) is 5.74. The van der Waals surface area contributed by atoms with E-state index in [-0.39, 0.29) is 18.2 Å². The van der Waals surface area contributed by atoms with Crippen molar-refractivity contribution in [3.63, 3.8) is 0 Å². The standard InChI is InChI=1S/C8H12N2O2/c1-7(6-11)5-10-4-2-3-9-8(10)12/h2-4,7,11H,5-6H2,1H3. The molecule has 0 aliphatic rings. The highest BCUT2D eigenvalue weighted by Gasteiger charge is 2.01. The molecule has 0 aliphatic carbocycles. The Morgan fingerprint density at radius 3 is 3.08 bits per heavy atom. The van der Waals surface area contributed by atoms with Crippen LogP contribution in [0.25, 0.3) is 0 Å². The Hall–Kier alpha value is -1.16. The van der Waals surface area contributed by atoms with E-state index in [0.29, 0.717) is 6.54 Å². The van der Waals surface area contributed by atoms with Crippen molar-refractivity contribution in [3.8, 4) is 0 Å². The minimum absolute atomic E-state index is 0.0847. The van der Waals surface area contributed by atoms with Gasteiger partial charge in [0.15, 0.2) is 0 Å². The maximum Gasteiger partial charge on any atom is 0.347 e. The van der Waals surface area contributed by atoms with Crippen LogP contribution in [0.3, 0.4) is 0 Å². The molecule has 1 atom stereocenters. The molecule has 1 unspecified atom stereocenters. The molecule has 0 saturated heterocycles. The molecule has 1 aromatic rings.